The number of carboxylic acids is 1. The van der Waals surface area contributed by atoms with E-state index in [4.69, 9.17) is 10.8 Å². The van der Waals surface area contributed by atoms with E-state index >= 15 is 0 Å². The summed E-state index contributed by atoms with van der Waals surface area (Å²) in [6.07, 6.45) is 0.459. The summed E-state index contributed by atoms with van der Waals surface area (Å²) in [6.45, 7) is 2.49. The van der Waals surface area contributed by atoms with Crippen molar-refractivity contribution in [3.8, 4) is 0 Å². The molecule has 14 heavy (non-hydrogen) atoms. The van der Waals surface area contributed by atoms with Crippen LogP contribution < -0.4 is 11.1 Å². The van der Waals surface area contributed by atoms with Crippen LogP contribution in [-0.2, 0) is 9.59 Å². The van der Waals surface area contributed by atoms with Crippen LogP contribution >= 0.6 is 0 Å². The van der Waals surface area contributed by atoms with Crippen LogP contribution in [0, 0.1) is 0 Å². The van der Waals surface area contributed by atoms with E-state index in [1.54, 1.807) is 6.92 Å². The Morgan fingerprint density at radius 1 is 1.57 bits per heavy atom. The zero-order chi connectivity index (χ0) is 11.4. The highest BCUT2D eigenvalue weighted by molar-refractivity contribution is 5.83. The molecule has 6 heteroatoms. The van der Waals surface area contributed by atoms with Gasteiger partial charge < -0.3 is 21.3 Å². The van der Waals surface area contributed by atoms with Gasteiger partial charge in [-0.3, -0.25) is 4.79 Å². The van der Waals surface area contributed by atoms with Gasteiger partial charge in [-0.2, -0.15) is 0 Å². The predicted octanol–water partition coefficient (Wildman–Crippen LogP) is -1.32. The van der Waals surface area contributed by atoms with E-state index in [1.165, 1.54) is 0 Å². The van der Waals surface area contributed by atoms with Gasteiger partial charge in [0.1, 0.15) is 0 Å². The Balaban J connectivity index is 4.06. The fraction of sp³-hybridized carbons (Fsp3) is 0.750. The molecule has 0 radical (unpaired) electrons. The molecule has 0 aliphatic rings. The molecule has 5 N–H and O–H groups in total. The summed E-state index contributed by atoms with van der Waals surface area (Å²) >= 11 is 0. The zero-order valence-corrected chi connectivity index (χ0v) is 8.28. The second-order valence-corrected chi connectivity index (χ2v) is 3.31. The number of aliphatic carboxylic acids is 1. The van der Waals surface area contributed by atoms with Gasteiger partial charge in [-0.25, -0.2) is 4.79 Å². The number of hydrogen-bond acceptors (Lipinski definition) is 4. The lowest BCUT2D eigenvalue weighted by Gasteiger charge is -2.19. The van der Waals surface area contributed by atoms with E-state index in [0.29, 0.717) is 6.42 Å². The van der Waals surface area contributed by atoms with Crippen LogP contribution in [0.4, 0.5) is 0 Å². The Morgan fingerprint density at radius 3 is 2.43 bits per heavy atom. The fourth-order valence-corrected chi connectivity index (χ4v) is 0.651. The molecule has 0 saturated carbocycles. The van der Waals surface area contributed by atoms with Crippen molar-refractivity contribution in [3.05, 3.63) is 0 Å². The van der Waals surface area contributed by atoms with E-state index in [9.17, 15) is 14.7 Å². The first kappa shape index (κ1) is 12.9. The van der Waals surface area contributed by atoms with Crippen LogP contribution in [0.15, 0.2) is 0 Å². The molecule has 82 valence electrons. The Labute approximate surface area is 82.1 Å². The van der Waals surface area contributed by atoms with E-state index in [-0.39, 0.29) is 6.54 Å². The molecule has 0 aromatic heterocycles. The lowest BCUT2D eigenvalue weighted by Crippen LogP contribution is -2.50. The largest absolute Gasteiger partial charge is 0.479 e. The van der Waals surface area contributed by atoms with Gasteiger partial charge in [-0.15, -0.1) is 0 Å². The predicted molar refractivity (Wildman–Crippen MR) is 49.5 cm³/mol. The van der Waals surface area contributed by atoms with Gasteiger partial charge in [-0.05, 0) is 13.3 Å². The van der Waals surface area contributed by atoms with Crippen LogP contribution in [0.2, 0.25) is 0 Å². The Hall–Kier alpha value is -1.14. The van der Waals surface area contributed by atoms with Gasteiger partial charge in [0.05, 0.1) is 12.6 Å². The lowest BCUT2D eigenvalue weighted by atomic mass is 10.1. The first-order valence-electron chi connectivity index (χ1n) is 4.30. The first-order chi connectivity index (χ1) is 6.31. The van der Waals surface area contributed by atoms with Crippen LogP contribution in [-0.4, -0.2) is 40.3 Å². The maximum absolute atomic E-state index is 11.1. The molecular weight excluding hydrogens is 188 g/mol. The summed E-state index contributed by atoms with van der Waals surface area (Å²) in [5.41, 5.74) is 3.43. The topological polar surface area (TPSA) is 113 Å². The molecule has 0 aromatic carbocycles. The molecule has 0 rings (SSSR count). The van der Waals surface area contributed by atoms with E-state index in [0.717, 1.165) is 6.92 Å². The molecular formula is C8H16N2O4. The standard InChI is InChI=1S/C8H16N2O4/c1-3-5(9)6(11)10-4-8(2,14)7(12)13/h5,14H,3-4,9H2,1-2H3,(H,10,11)(H,12,13)/t5-,8?/m0/s1. The number of nitrogens with two attached hydrogens (primary N) is 1. The summed E-state index contributed by atoms with van der Waals surface area (Å²) in [4.78, 5) is 21.5. The minimum absolute atomic E-state index is 0.352. The highest BCUT2D eigenvalue weighted by Crippen LogP contribution is 2.00. The summed E-state index contributed by atoms with van der Waals surface area (Å²) in [6, 6.07) is -0.667. The van der Waals surface area contributed by atoms with E-state index in [1.807, 2.05) is 0 Å². The highest BCUT2D eigenvalue weighted by atomic mass is 16.4. The summed E-state index contributed by atoms with van der Waals surface area (Å²) in [5.74, 6) is -1.85. The van der Waals surface area contributed by atoms with E-state index in [2.05, 4.69) is 5.32 Å². The van der Waals surface area contributed by atoms with Crippen LogP contribution in [0.3, 0.4) is 0 Å². The van der Waals surface area contributed by atoms with Gasteiger partial charge in [0.25, 0.3) is 0 Å². The fourth-order valence-electron chi connectivity index (χ4n) is 0.651. The van der Waals surface area contributed by atoms with Gasteiger partial charge in [0, 0.05) is 0 Å². The quantitative estimate of drug-likeness (QED) is 0.443. The van der Waals surface area contributed by atoms with E-state index < -0.39 is 23.5 Å². The SMILES string of the molecule is CC[C@H](N)C(=O)NCC(C)(O)C(=O)O. The first-order valence-corrected chi connectivity index (χ1v) is 4.30. The summed E-state index contributed by atoms with van der Waals surface area (Å²) < 4.78 is 0. The minimum Gasteiger partial charge on any atom is -0.479 e. The Kier molecular flexibility index (Phi) is 4.52. The molecule has 0 aromatic rings. The van der Waals surface area contributed by atoms with Gasteiger partial charge in [0.2, 0.25) is 5.91 Å². The van der Waals surface area contributed by atoms with Crippen molar-refractivity contribution in [1.29, 1.82) is 0 Å². The number of amides is 1. The minimum atomic E-state index is -1.96. The lowest BCUT2D eigenvalue weighted by molar-refractivity contribution is -0.156. The van der Waals surface area contributed by atoms with Crippen LogP contribution in [0.5, 0.6) is 0 Å². The number of rotatable bonds is 5. The van der Waals surface area contributed by atoms with Crippen molar-refractivity contribution >= 4 is 11.9 Å². The molecule has 0 fully saturated rings. The second-order valence-electron chi connectivity index (χ2n) is 3.31. The average Bonchev–Trinajstić information content (AvgIpc) is 2.12. The second kappa shape index (κ2) is 4.92. The van der Waals surface area contributed by atoms with Gasteiger partial charge in [0.15, 0.2) is 5.60 Å². The van der Waals surface area contributed by atoms with Crippen molar-refractivity contribution in [2.75, 3.05) is 6.54 Å². The number of nitrogens with one attached hydrogen (secondary N) is 1. The monoisotopic (exact) mass is 204 g/mol. The molecule has 0 heterocycles. The third-order valence-electron chi connectivity index (χ3n) is 1.84. The highest BCUT2D eigenvalue weighted by Gasteiger charge is 2.30. The number of carbonyl (C=O) groups excluding carboxylic acids is 1. The zero-order valence-electron chi connectivity index (χ0n) is 8.28. The van der Waals surface area contributed by atoms with Crippen molar-refractivity contribution in [3.63, 3.8) is 0 Å². The van der Waals surface area contributed by atoms with Crippen molar-refractivity contribution in [2.45, 2.75) is 31.9 Å². The van der Waals surface area contributed by atoms with Crippen molar-refractivity contribution in [1.82, 2.24) is 5.32 Å². The molecule has 0 bridgehead atoms. The summed E-state index contributed by atoms with van der Waals surface area (Å²) in [7, 11) is 0. The van der Waals surface area contributed by atoms with Crippen molar-refractivity contribution < 1.29 is 19.8 Å². The van der Waals surface area contributed by atoms with Crippen molar-refractivity contribution in [2.24, 2.45) is 5.73 Å². The maximum atomic E-state index is 11.1. The number of hydrogen-bond donors (Lipinski definition) is 4. The van der Waals surface area contributed by atoms with Crippen LogP contribution in [0.1, 0.15) is 20.3 Å². The molecule has 0 aliphatic heterocycles. The number of aliphatic hydroxyl groups is 1. The number of carbonyl (C=O) groups is 2. The molecule has 1 unspecified atom stereocenters. The Bertz CT molecular complexity index is 227. The molecule has 6 nitrogen and oxygen atoms in total. The Morgan fingerprint density at radius 2 is 2.07 bits per heavy atom. The number of carboxylic acid groups (broad SMARTS) is 1. The molecule has 2 atom stereocenters. The average molecular weight is 204 g/mol. The smallest absolute Gasteiger partial charge is 0.337 e. The third kappa shape index (κ3) is 3.71. The molecule has 1 amide bonds. The normalized spacial score (nSPS) is 16.9. The van der Waals surface area contributed by atoms with Gasteiger partial charge in [-0.1, -0.05) is 6.92 Å². The molecule has 0 spiro atoms. The molecule has 0 aliphatic carbocycles. The van der Waals surface area contributed by atoms with Gasteiger partial charge >= 0.3 is 5.97 Å². The third-order valence-corrected chi connectivity index (χ3v) is 1.84. The molecule has 0 saturated heterocycles. The maximum Gasteiger partial charge on any atom is 0.337 e. The van der Waals surface area contributed by atoms with Crippen LogP contribution in [0.25, 0.3) is 0 Å². The summed E-state index contributed by atoms with van der Waals surface area (Å²) in [5, 5.41) is 20.0.